The molecule has 0 saturated heterocycles. The molecule has 9 heteroatoms. The SMILES string of the molecule is CC(Cn1cccn1)C(=O)NC(C)c1cn(C2(C(=O)O)CC2)nn1. The molecule has 2 unspecified atom stereocenters. The molecule has 1 fully saturated rings. The number of carboxylic acid groups (broad SMARTS) is 1. The molecule has 1 aliphatic rings. The van der Waals surface area contributed by atoms with Gasteiger partial charge >= 0.3 is 5.97 Å². The molecule has 0 aliphatic heterocycles. The topological polar surface area (TPSA) is 115 Å². The fraction of sp³-hybridized carbons (Fsp3) is 0.533. The van der Waals surface area contributed by atoms with E-state index in [9.17, 15) is 14.7 Å². The average molecular weight is 332 g/mol. The highest BCUT2D eigenvalue weighted by Gasteiger charge is 2.53. The molecule has 0 aromatic carbocycles. The normalized spacial score (nSPS) is 17.9. The molecule has 24 heavy (non-hydrogen) atoms. The van der Waals surface area contributed by atoms with Crippen LogP contribution in [-0.2, 0) is 21.7 Å². The van der Waals surface area contributed by atoms with Crippen molar-refractivity contribution in [3.8, 4) is 0 Å². The largest absolute Gasteiger partial charge is 0.479 e. The Balaban J connectivity index is 1.61. The van der Waals surface area contributed by atoms with E-state index in [1.165, 1.54) is 4.68 Å². The van der Waals surface area contributed by atoms with Gasteiger partial charge in [-0.05, 0) is 25.8 Å². The third-order valence-electron chi connectivity index (χ3n) is 4.34. The lowest BCUT2D eigenvalue weighted by Crippen LogP contribution is -2.33. The zero-order chi connectivity index (χ0) is 17.3. The van der Waals surface area contributed by atoms with Gasteiger partial charge in [0, 0.05) is 12.4 Å². The van der Waals surface area contributed by atoms with Gasteiger partial charge in [0.05, 0.1) is 24.7 Å². The summed E-state index contributed by atoms with van der Waals surface area (Å²) in [5, 5.41) is 24.2. The molecule has 9 nitrogen and oxygen atoms in total. The minimum Gasteiger partial charge on any atom is -0.479 e. The van der Waals surface area contributed by atoms with E-state index in [-0.39, 0.29) is 17.9 Å². The van der Waals surface area contributed by atoms with Gasteiger partial charge < -0.3 is 10.4 Å². The number of hydrogen-bond donors (Lipinski definition) is 2. The van der Waals surface area contributed by atoms with Crippen molar-refractivity contribution < 1.29 is 14.7 Å². The summed E-state index contributed by atoms with van der Waals surface area (Å²) >= 11 is 0. The first-order valence-electron chi connectivity index (χ1n) is 7.86. The van der Waals surface area contributed by atoms with Crippen molar-refractivity contribution in [3.63, 3.8) is 0 Å². The number of carboxylic acids is 1. The summed E-state index contributed by atoms with van der Waals surface area (Å²) in [6.45, 7) is 4.11. The molecule has 128 valence electrons. The van der Waals surface area contributed by atoms with Gasteiger partial charge in [0.25, 0.3) is 0 Å². The standard InChI is InChI=1S/C15H20N6O3/c1-10(8-20-7-3-6-16-20)13(22)17-11(2)12-9-21(19-18-12)15(4-5-15)14(23)24/h3,6-7,9-11H,4-5,8H2,1-2H3,(H,17,22)(H,23,24). The van der Waals surface area contributed by atoms with Crippen LogP contribution in [0.1, 0.15) is 38.4 Å². The average Bonchev–Trinajstić information content (AvgIpc) is 2.97. The van der Waals surface area contributed by atoms with E-state index in [0.717, 1.165) is 0 Å². The minimum atomic E-state index is -0.956. The number of nitrogens with zero attached hydrogens (tertiary/aromatic N) is 5. The second-order valence-corrected chi connectivity index (χ2v) is 6.28. The lowest BCUT2D eigenvalue weighted by Gasteiger charge is -2.16. The number of rotatable bonds is 7. The van der Waals surface area contributed by atoms with E-state index >= 15 is 0 Å². The van der Waals surface area contributed by atoms with Crippen molar-refractivity contribution in [2.24, 2.45) is 5.92 Å². The maximum Gasteiger partial charge on any atom is 0.331 e. The lowest BCUT2D eigenvalue weighted by molar-refractivity contribution is -0.142. The van der Waals surface area contributed by atoms with Crippen LogP contribution in [0.3, 0.4) is 0 Å². The van der Waals surface area contributed by atoms with E-state index in [1.807, 2.05) is 13.0 Å². The second kappa shape index (κ2) is 6.06. The van der Waals surface area contributed by atoms with Crippen LogP contribution in [0.5, 0.6) is 0 Å². The minimum absolute atomic E-state index is 0.119. The molecule has 2 atom stereocenters. The van der Waals surface area contributed by atoms with E-state index < -0.39 is 11.5 Å². The van der Waals surface area contributed by atoms with Crippen molar-refractivity contribution in [1.29, 1.82) is 0 Å². The maximum atomic E-state index is 12.3. The van der Waals surface area contributed by atoms with Crippen molar-refractivity contribution in [3.05, 3.63) is 30.4 Å². The molecular weight excluding hydrogens is 312 g/mol. The first-order valence-corrected chi connectivity index (χ1v) is 7.86. The Kier molecular flexibility index (Phi) is 4.08. The van der Waals surface area contributed by atoms with E-state index in [2.05, 4.69) is 20.7 Å². The third kappa shape index (κ3) is 3.01. The smallest absolute Gasteiger partial charge is 0.331 e. The van der Waals surface area contributed by atoms with Crippen LogP contribution in [0.25, 0.3) is 0 Å². The molecule has 2 heterocycles. The molecule has 2 aromatic rings. The number of aliphatic carboxylic acids is 1. The van der Waals surface area contributed by atoms with Crippen molar-refractivity contribution in [1.82, 2.24) is 30.1 Å². The Labute approximate surface area is 138 Å². The Morgan fingerprint density at radius 1 is 1.42 bits per heavy atom. The quantitative estimate of drug-likeness (QED) is 0.765. The molecular formula is C15H20N6O3. The van der Waals surface area contributed by atoms with Crippen molar-refractivity contribution in [2.45, 2.75) is 44.8 Å². The van der Waals surface area contributed by atoms with E-state index in [1.54, 1.807) is 30.2 Å². The van der Waals surface area contributed by atoms with Crippen LogP contribution in [0.4, 0.5) is 0 Å². The van der Waals surface area contributed by atoms with Crippen LogP contribution < -0.4 is 5.32 Å². The van der Waals surface area contributed by atoms with Crippen LogP contribution in [0.15, 0.2) is 24.7 Å². The first-order chi connectivity index (χ1) is 11.4. The van der Waals surface area contributed by atoms with Crippen molar-refractivity contribution in [2.75, 3.05) is 0 Å². The molecule has 2 N–H and O–H groups in total. The van der Waals surface area contributed by atoms with Crippen LogP contribution >= 0.6 is 0 Å². The fourth-order valence-electron chi connectivity index (χ4n) is 2.55. The van der Waals surface area contributed by atoms with Gasteiger partial charge in [-0.15, -0.1) is 5.10 Å². The Bertz CT molecular complexity index is 734. The molecule has 1 saturated carbocycles. The number of aromatic nitrogens is 5. The summed E-state index contributed by atoms with van der Waals surface area (Å²) < 4.78 is 3.09. The summed E-state index contributed by atoms with van der Waals surface area (Å²) in [5.74, 6) is -1.27. The summed E-state index contributed by atoms with van der Waals surface area (Å²) in [5.41, 5.74) is -0.412. The van der Waals surface area contributed by atoms with Gasteiger partial charge in [-0.25, -0.2) is 9.48 Å². The number of hydrogen-bond acceptors (Lipinski definition) is 5. The van der Waals surface area contributed by atoms with Gasteiger partial charge in [0.15, 0.2) is 5.54 Å². The molecule has 2 aromatic heterocycles. The van der Waals surface area contributed by atoms with Gasteiger partial charge in [-0.2, -0.15) is 5.10 Å². The van der Waals surface area contributed by atoms with Gasteiger partial charge in [-0.3, -0.25) is 9.48 Å². The third-order valence-corrected chi connectivity index (χ3v) is 4.34. The first kappa shape index (κ1) is 16.2. The number of carbonyl (C=O) groups is 2. The van der Waals surface area contributed by atoms with E-state index in [4.69, 9.17) is 0 Å². The predicted octanol–water partition coefficient (Wildman–Crippen LogP) is 0.562. The highest BCUT2D eigenvalue weighted by Crippen LogP contribution is 2.43. The van der Waals surface area contributed by atoms with E-state index in [0.29, 0.717) is 25.1 Å². The van der Waals surface area contributed by atoms with Gasteiger partial charge in [-0.1, -0.05) is 12.1 Å². The predicted molar refractivity (Wildman–Crippen MR) is 82.8 cm³/mol. The monoisotopic (exact) mass is 332 g/mol. The zero-order valence-electron chi connectivity index (χ0n) is 13.6. The molecule has 0 radical (unpaired) electrons. The Morgan fingerprint density at radius 3 is 2.75 bits per heavy atom. The highest BCUT2D eigenvalue weighted by molar-refractivity contribution is 5.80. The molecule has 1 amide bonds. The number of nitrogens with one attached hydrogen (secondary N) is 1. The Morgan fingerprint density at radius 2 is 2.17 bits per heavy atom. The highest BCUT2D eigenvalue weighted by atomic mass is 16.4. The molecule has 3 rings (SSSR count). The van der Waals surface area contributed by atoms with Gasteiger partial charge in [0.2, 0.25) is 5.91 Å². The fourth-order valence-corrected chi connectivity index (χ4v) is 2.55. The Hall–Kier alpha value is -2.71. The van der Waals surface area contributed by atoms with Crippen LogP contribution in [-0.4, -0.2) is 41.8 Å². The maximum absolute atomic E-state index is 12.3. The van der Waals surface area contributed by atoms with Crippen molar-refractivity contribution >= 4 is 11.9 Å². The summed E-state index contributed by atoms with van der Waals surface area (Å²) in [6, 6.07) is 1.46. The second-order valence-electron chi connectivity index (χ2n) is 6.28. The number of carbonyl (C=O) groups excluding carboxylic acids is 1. The summed E-state index contributed by atoms with van der Waals surface area (Å²) in [4.78, 5) is 23.6. The molecule has 0 spiro atoms. The van der Waals surface area contributed by atoms with Gasteiger partial charge in [0.1, 0.15) is 5.69 Å². The lowest BCUT2D eigenvalue weighted by atomic mass is 10.1. The summed E-state index contributed by atoms with van der Waals surface area (Å²) in [7, 11) is 0. The molecule has 1 aliphatic carbocycles. The number of amides is 1. The van der Waals surface area contributed by atoms with Crippen LogP contribution in [0.2, 0.25) is 0 Å². The summed E-state index contributed by atoms with van der Waals surface area (Å²) in [6.07, 6.45) is 6.17. The zero-order valence-corrected chi connectivity index (χ0v) is 13.6. The molecule has 0 bridgehead atoms. The van der Waals surface area contributed by atoms with Crippen LogP contribution in [0, 0.1) is 5.92 Å².